The monoisotopic (exact) mass is 445 g/mol. The Morgan fingerprint density at radius 2 is 1.74 bits per heavy atom. The van der Waals surface area contributed by atoms with Crippen LogP contribution in [0.1, 0.15) is 25.0 Å². The molecule has 0 aromatic heterocycles. The topological polar surface area (TPSA) is 102 Å². The van der Waals surface area contributed by atoms with Gasteiger partial charge in [-0.3, -0.25) is 19.7 Å². The van der Waals surface area contributed by atoms with E-state index in [1.54, 1.807) is 31.1 Å². The van der Waals surface area contributed by atoms with Crippen molar-refractivity contribution in [2.24, 2.45) is 0 Å². The van der Waals surface area contributed by atoms with E-state index in [-0.39, 0.29) is 23.3 Å². The number of amides is 2. The fourth-order valence-corrected chi connectivity index (χ4v) is 3.76. The third-order valence-electron chi connectivity index (χ3n) is 4.67. The van der Waals surface area contributed by atoms with Gasteiger partial charge in [0, 0.05) is 31.0 Å². The van der Waals surface area contributed by atoms with E-state index < -0.39 is 11.0 Å². The van der Waals surface area contributed by atoms with Crippen molar-refractivity contribution in [1.29, 1.82) is 0 Å². The molecule has 0 saturated carbocycles. The lowest BCUT2D eigenvalue weighted by Gasteiger charge is -2.28. The molecule has 0 unspecified atom stereocenters. The van der Waals surface area contributed by atoms with Crippen LogP contribution >= 0.6 is 11.8 Å². The van der Waals surface area contributed by atoms with Gasteiger partial charge in [0.25, 0.3) is 5.69 Å². The minimum absolute atomic E-state index is 0.0336. The number of non-ortho nitro benzene ring substituents is 1. The number of ether oxygens (including phenoxy) is 1. The maximum atomic E-state index is 13.0. The summed E-state index contributed by atoms with van der Waals surface area (Å²) in [6.07, 6.45) is 0. The van der Waals surface area contributed by atoms with Gasteiger partial charge in [0.2, 0.25) is 11.8 Å². The van der Waals surface area contributed by atoms with Crippen molar-refractivity contribution in [3.05, 3.63) is 69.8 Å². The molecule has 0 saturated heterocycles. The van der Waals surface area contributed by atoms with Crippen LogP contribution in [-0.2, 0) is 21.9 Å². The molecule has 2 aromatic carbocycles. The van der Waals surface area contributed by atoms with Crippen molar-refractivity contribution in [3.8, 4) is 5.75 Å². The van der Waals surface area contributed by atoms with Gasteiger partial charge in [0.05, 0.1) is 17.8 Å². The van der Waals surface area contributed by atoms with Crippen LogP contribution in [0.25, 0.3) is 0 Å². The Hall–Kier alpha value is -3.07. The number of methoxy groups -OCH3 is 1. The number of carbonyl (C=O) groups excluding carboxylic acids is 2. The predicted octanol–water partition coefficient (Wildman–Crippen LogP) is 3.39. The van der Waals surface area contributed by atoms with Crippen LogP contribution < -0.4 is 10.1 Å². The molecule has 1 atom stereocenters. The number of thioether (sulfide) groups is 1. The molecule has 0 bridgehead atoms. The summed E-state index contributed by atoms with van der Waals surface area (Å²) in [4.78, 5) is 37.2. The van der Waals surface area contributed by atoms with Gasteiger partial charge in [0.15, 0.2) is 0 Å². The Kier molecular flexibility index (Phi) is 9.33. The van der Waals surface area contributed by atoms with Crippen molar-refractivity contribution in [1.82, 2.24) is 10.2 Å². The first kappa shape index (κ1) is 24.2. The molecule has 0 aliphatic heterocycles. The maximum absolute atomic E-state index is 13.0. The van der Waals surface area contributed by atoms with Crippen molar-refractivity contribution in [2.75, 3.05) is 19.4 Å². The van der Waals surface area contributed by atoms with Crippen LogP contribution in [0.4, 0.5) is 5.69 Å². The lowest BCUT2D eigenvalue weighted by Crippen LogP contribution is -2.48. The number of hydrogen-bond acceptors (Lipinski definition) is 6. The third kappa shape index (κ3) is 7.29. The Labute approximate surface area is 186 Å². The molecule has 0 radical (unpaired) electrons. The van der Waals surface area contributed by atoms with Gasteiger partial charge >= 0.3 is 0 Å². The van der Waals surface area contributed by atoms with Crippen LogP contribution in [0.15, 0.2) is 48.5 Å². The summed E-state index contributed by atoms with van der Waals surface area (Å²) in [7, 11) is 1.59. The van der Waals surface area contributed by atoms with Gasteiger partial charge in [-0.25, -0.2) is 0 Å². The lowest BCUT2D eigenvalue weighted by atomic mass is 10.1. The van der Waals surface area contributed by atoms with E-state index in [0.717, 1.165) is 16.9 Å². The SMILES string of the molecule is CCNC(=O)[C@H](C)N(Cc1ccc(OC)cc1)C(=O)CSCc1ccc([N+](=O)[O-])cc1. The highest BCUT2D eigenvalue weighted by atomic mass is 32.2. The fraction of sp³-hybridized carbons (Fsp3) is 0.364. The second-order valence-electron chi connectivity index (χ2n) is 6.86. The summed E-state index contributed by atoms with van der Waals surface area (Å²) in [6.45, 7) is 4.34. The van der Waals surface area contributed by atoms with Gasteiger partial charge in [-0.15, -0.1) is 11.8 Å². The molecule has 166 valence electrons. The summed E-state index contributed by atoms with van der Waals surface area (Å²) in [5.74, 6) is 1.09. The normalized spacial score (nSPS) is 11.5. The van der Waals surface area contributed by atoms with E-state index in [2.05, 4.69) is 5.32 Å². The van der Waals surface area contributed by atoms with E-state index in [1.807, 2.05) is 31.2 Å². The van der Waals surface area contributed by atoms with E-state index in [4.69, 9.17) is 4.74 Å². The molecule has 8 nitrogen and oxygen atoms in total. The number of nitro benzene ring substituents is 1. The van der Waals surface area contributed by atoms with Gasteiger partial charge < -0.3 is 15.0 Å². The molecule has 0 aliphatic carbocycles. The minimum Gasteiger partial charge on any atom is -0.497 e. The van der Waals surface area contributed by atoms with Gasteiger partial charge in [-0.1, -0.05) is 24.3 Å². The van der Waals surface area contributed by atoms with Crippen molar-refractivity contribution in [3.63, 3.8) is 0 Å². The van der Waals surface area contributed by atoms with Crippen LogP contribution in [0.2, 0.25) is 0 Å². The number of hydrogen-bond donors (Lipinski definition) is 1. The molecular formula is C22H27N3O5S. The van der Waals surface area contributed by atoms with E-state index in [1.165, 1.54) is 23.9 Å². The zero-order valence-corrected chi connectivity index (χ0v) is 18.7. The van der Waals surface area contributed by atoms with E-state index >= 15 is 0 Å². The average molecular weight is 446 g/mol. The van der Waals surface area contributed by atoms with Crippen molar-refractivity contribution in [2.45, 2.75) is 32.2 Å². The standard InChI is InChI=1S/C22H27N3O5S/c1-4-23-22(27)16(2)24(13-17-7-11-20(30-3)12-8-17)21(26)15-31-14-18-5-9-19(10-6-18)25(28)29/h5-12,16H,4,13-15H2,1-3H3,(H,23,27)/t16-/m0/s1. The Morgan fingerprint density at radius 3 is 2.29 bits per heavy atom. The zero-order valence-electron chi connectivity index (χ0n) is 17.9. The molecule has 31 heavy (non-hydrogen) atoms. The zero-order chi connectivity index (χ0) is 22.8. The van der Waals surface area contributed by atoms with Crippen LogP contribution in [0.3, 0.4) is 0 Å². The first-order valence-corrected chi connectivity index (χ1v) is 11.0. The Bertz CT molecular complexity index is 887. The molecule has 1 N–H and O–H groups in total. The number of rotatable bonds is 11. The number of likely N-dealkylation sites (N-methyl/N-ethyl adjacent to an activating group) is 1. The molecule has 2 aromatic rings. The number of benzene rings is 2. The second-order valence-corrected chi connectivity index (χ2v) is 7.84. The summed E-state index contributed by atoms with van der Waals surface area (Å²) < 4.78 is 5.17. The smallest absolute Gasteiger partial charge is 0.269 e. The van der Waals surface area contributed by atoms with Gasteiger partial charge in [0.1, 0.15) is 11.8 Å². The average Bonchev–Trinajstić information content (AvgIpc) is 2.77. The summed E-state index contributed by atoms with van der Waals surface area (Å²) in [6, 6.07) is 13.0. The molecule has 0 spiro atoms. The van der Waals surface area contributed by atoms with E-state index in [9.17, 15) is 19.7 Å². The second kappa shape index (κ2) is 11.9. The molecular weight excluding hydrogens is 418 g/mol. The number of carbonyl (C=O) groups is 2. The third-order valence-corrected chi connectivity index (χ3v) is 5.66. The highest BCUT2D eigenvalue weighted by molar-refractivity contribution is 7.99. The Morgan fingerprint density at radius 1 is 1.13 bits per heavy atom. The predicted molar refractivity (Wildman–Crippen MR) is 121 cm³/mol. The van der Waals surface area contributed by atoms with Crippen LogP contribution in [0, 0.1) is 10.1 Å². The summed E-state index contributed by atoms with van der Waals surface area (Å²) >= 11 is 1.40. The quantitative estimate of drug-likeness (QED) is 0.420. The highest BCUT2D eigenvalue weighted by Crippen LogP contribution is 2.19. The van der Waals surface area contributed by atoms with Crippen LogP contribution in [0.5, 0.6) is 5.75 Å². The fourth-order valence-electron chi connectivity index (χ4n) is 2.89. The molecule has 0 aliphatic rings. The maximum Gasteiger partial charge on any atom is 0.269 e. The summed E-state index contributed by atoms with van der Waals surface area (Å²) in [5, 5.41) is 13.5. The van der Waals surface area contributed by atoms with Crippen LogP contribution in [-0.4, -0.2) is 47.1 Å². The molecule has 9 heteroatoms. The molecule has 2 amide bonds. The first-order valence-electron chi connectivity index (χ1n) is 9.86. The Balaban J connectivity index is 2.03. The molecule has 0 heterocycles. The van der Waals surface area contributed by atoms with Crippen molar-refractivity contribution < 1.29 is 19.2 Å². The highest BCUT2D eigenvalue weighted by Gasteiger charge is 2.25. The molecule has 0 fully saturated rings. The minimum atomic E-state index is -0.616. The van der Waals surface area contributed by atoms with E-state index in [0.29, 0.717) is 18.8 Å². The van der Waals surface area contributed by atoms with Gasteiger partial charge in [-0.05, 0) is 37.1 Å². The number of nitrogens with zero attached hydrogens (tertiary/aromatic N) is 2. The lowest BCUT2D eigenvalue weighted by molar-refractivity contribution is -0.384. The van der Waals surface area contributed by atoms with Gasteiger partial charge in [-0.2, -0.15) is 0 Å². The first-order chi connectivity index (χ1) is 14.8. The number of nitro groups is 1. The summed E-state index contributed by atoms with van der Waals surface area (Å²) in [5.41, 5.74) is 1.82. The van der Waals surface area contributed by atoms with Crippen molar-refractivity contribution >= 4 is 29.3 Å². The largest absolute Gasteiger partial charge is 0.497 e. The number of nitrogens with one attached hydrogen (secondary N) is 1. The molecule has 2 rings (SSSR count).